The first-order valence-corrected chi connectivity index (χ1v) is 6.03. The number of halogens is 1. The summed E-state index contributed by atoms with van der Waals surface area (Å²) in [6.07, 6.45) is 3.44. The molecule has 0 radical (unpaired) electrons. The minimum Gasteiger partial charge on any atom is -0.463 e. The molecule has 2 rings (SSSR count). The van der Waals surface area contributed by atoms with Crippen molar-refractivity contribution in [2.75, 3.05) is 25.9 Å². The first kappa shape index (κ1) is 12.3. The molecule has 2 heterocycles. The zero-order valence-corrected chi connectivity index (χ0v) is 10.5. The molecule has 0 spiro atoms. The lowest BCUT2D eigenvalue weighted by Crippen LogP contribution is -2.26. The minimum atomic E-state index is 0.0606. The van der Waals surface area contributed by atoms with Crippen molar-refractivity contribution in [3.05, 3.63) is 5.28 Å². The van der Waals surface area contributed by atoms with Crippen LogP contribution in [0.15, 0.2) is 0 Å². The highest BCUT2D eigenvalue weighted by Crippen LogP contribution is 2.18. The summed E-state index contributed by atoms with van der Waals surface area (Å²) in [5.74, 6) is 0.0815. The molecule has 0 amide bonds. The smallest absolute Gasteiger partial charge is 0.322 e. The topological polar surface area (TPSA) is 77.2 Å². The third-order valence-corrected chi connectivity index (χ3v) is 3.13. The molecule has 1 fully saturated rings. The van der Waals surface area contributed by atoms with Crippen LogP contribution in [0.25, 0.3) is 0 Å². The van der Waals surface area contributed by atoms with Gasteiger partial charge in [0.1, 0.15) is 0 Å². The first-order chi connectivity index (χ1) is 8.15. The van der Waals surface area contributed by atoms with Gasteiger partial charge in [-0.2, -0.15) is 15.0 Å². The van der Waals surface area contributed by atoms with E-state index in [1.165, 1.54) is 12.8 Å². The Hall–Kier alpha value is -1.14. The lowest BCUT2D eigenvalue weighted by atomic mass is 10.2. The van der Waals surface area contributed by atoms with E-state index in [-0.39, 0.29) is 17.2 Å². The van der Waals surface area contributed by atoms with Crippen LogP contribution in [0, 0.1) is 0 Å². The average molecular weight is 258 g/mol. The summed E-state index contributed by atoms with van der Waals surface area (Å²) in [6, 6.07) is 0.785. The lowest BCUT2D eigenvalue weighted by Gasteiger charge is -2.18. The second-order valence-corrected chi connectivity index (χ2v) is 4.50. The van der Waals surface area contributed by atoms with Crippen molar-refractivity contribution in [1.82, 2.24) is 19.9 Å². The van der Waals surface area contributed by atoms with Crippen LogP contribution in [-0.2, 0) is 0 Å². The molecule has 94 valence electrons. The van der Waals surface area contributed by atoms with Gasteiger partial charge in [-0.05, 0) is 44.5 Å². The fourth-order valence-corrected chi connectivity index (χ4v) is 2.20. The molecule has 17 heavy (non-hydrogen) atoms. The van der Waals surface area contributed by atoms with Crippen LogP contribution in [0.5, 0.6) is 6.01 Å². The van der Waals surface area contributed by atoms with Crippen molar-refractivity contribution in [3.8, 4) is 6.01 Å². The van der Waals surface area contributed by atoms with E-state index in [9.17, 15) is 0 Å². The van der Waals surface area contributed by atoms with Crippen LogP contribution in [0.2, 0.25) is 5.28 Å². The van der Waals surface area contributed by atoms with Gasteiger partial charge in [-0.3, -0.25) is 0 Å². The van der Waals surface area contributed by atoms with E-state index in [4.69, 9.17) is 22.1 Å². The van der Waals surface area contributed by atoms with Crippen LogP contribution in [-0.4, -0.2) is 46.1 Å². The summed E-state index contributed by atoms with van der Waals surface area (Å²) in [7, 11) is 2.13. The van der Waals surface area contributed by atoms with Gasteiger partial charge in [0, 0.05) is 6.04 Å². The van der Waals surface area contributed by atoms with Gasteiger partial charge < -0.3 is 15.4 Å². The lowest BCUT2D eigenvalue weighted by molar-refractivity contribution is 0.223. The van der Waals surface area contributed by atoms with Crippen molar-refractivity contribution in [2.45, 2.75) is 25.3 Å². The second-order valence-electron chi connectivity index (χ2n) is 4.16. The van der Waals surface area contributed by atoms with E-state index in [1.807, 2.05) is 0 Å². The summed E-state index contributed by atoms with van der Waals surface area (Å²) in [6.45, 7) is 1.73. The van der Waals surface area contributed by atoms with Crippen LogP contribution in [0.3, 0.4) is 0 Å². The third kappa shape index (κ3) is 3.41. The molecule has 0 aromatic carbocycles. The molecule has 7 heteroatoms. The van der Waals surface area contributed by atoms with Crippen LogP contribution in [0.1, 0.15) is 19.3 Å². The number of likely N-dealkylation sites (tertiary alicyclic amines) is 1. The van der Waals surface area contributed by atoms with E-state index in [0.717, 1.165) is 13.0 Å². The molecule has 1 atom stereocenters. The Labute approximate surface area is 105 Å². The van der Waals surface area contributed by atoms with Gasteiger partial charge in [0.15, 0.2) is 0 Å². The van der Waals surface area contributed by atoms with E-state index < -0.39 is 0 Å². The van der Waals surface area contributed by atoms with Gasteiger partial charge in [-0.1, -0.05) is 0 Å². The highest BCUT2D eigenvalue weighted by atomic mass is 35.5. The molecule has 1 aliphatic heterocycles. The van der Waals surface area contributed by atoms with Crippen molar-refractivity contribution >= 4 is 17.5 Å². The van der Waals surface area contributed by atoms with Crippen LogP contribution in [0.4, 0.5) is 5.95 Å². The number of nitrogens with two attached hydrogens (primary N) is 1. The standard InChI is InChI=1S/C10H16ClN5O/c1-16-5-2-3-7(16)4-6-17-10-14-8(11)13-9(12)15-10/h7H,2-6H2,1H3,(H2,12,13,14,15). The molecule has 0 bridgehead atoms. The Kier molecular flexibility index (Phi) is 3.96. The maximum Gasteiger partial charge on any atom is 0.322 e. The number of nitrogen functional groups attached to an aromatic ring is 1. The Balaban J connectivity index is 1.81. The minimum absolute atomic E-state index is 0.0606. The zero-order chi connectivity index (χ0) is 12.3. The second kappa shape index (κ2) is 5.46. The van der Waals surface area contributed by atoms with E-state index in [1.54, 1.807) is 0 Å². The summed E-state index contributed by atoms with van der Waals surface area (Å²) in [5.41, 5.74) is 5.44. The molecule has 1 aromatic heterocycles. The van der Waals surface area contributed by atoms with Crippen LogP contribution >= 0.6 is 11.6 Å². The Bertz CT molecular complexity index is 369. The number of hydrogen-bond acceptors (Lipinski definition) is 6. The number of anilines is 1. The summed E-state index contributed by atoms with van der Waals surface area (Å²) >= 11 is 5.65. The molecule has 0 saturated carbocycles. The van der Waals surface area contributed by atoms with Gasteiger partial charge in [0.05, 0.1) is 6.61 Å². The summed E-state index contributed by atoms with van der Waals surface area (Å²) < 4.78 is 5.42. The fraction of sp³-hybridized carbons (Fsp3) is 0.700. The van der Waals surface area contributed by atoms with Gasteiger partial charge in [-0.25, -0.2) is 0 Å². The largest absolute Gasteiger partial charge is 0.463 e. The van der Waals surface area contributed by atoms with Gasteiger partial charge in [0.2, 0.25) is 11.2 Å². The third-order valence-electron chi connectivity index (χ3n) is 2.96. The highest BCUT2D eigenvalue weighted by Gasteiger charge is 2.20. The van der Waals surface area contributed by atoms with E-state index in [2.05, 4.69) is 26.9 Å². The fourth-order valence-electron chi connectivity index (χ4n) is 2.04. The Morgan fingerprint density at radius 3 is 2.94 bits per heavy atom. The SMILES string of the molecule is CN1CCCC1CCOc1nc(N)nc(Cl)n1. The summed E-state index contributed by atoms with van der Waals surface area (Å²) in [5, 5.41) is 0.0606. The van der Waals surface area contributed by atoms with Crippen molar-refractivity contribution in [2.24, 2.45) is 0 Å². The highest BCUT2D eigenvalue weighted by molar-refractivity contribution is 6.28. The van der Waals surface area contributed by atoms with Crippen molar-refractivity contribution in [1.29, 1.82) is 0 Å². The number of aromatic nitrogens is 3. The molecule has 2 N–H and O–H groups in total. The van der Waals surface area contributed by atoms with Gasteiger partial charge >= 0.3 is 6.01 Å². The van der Waals surface area contributed by atoms with E-state index >= 15 is 0 Å². The van der Waals surface area contributed by atoms with E-state index in [0.29, 0.717) is 12.6 Å². The maximum absolute atomic E-state index is 5.65. The molecule has 1 aromatic rings. The normalized spacial score (nSPS) is 20.7. The van der Waals surface area contributed by atoms with Gasteiger partial charge in [0.25, 0.3) is 0 Å². The predicted molar refractivity (Wildman–Crippen MR) is 65.0 cm³/mol. The number of hydrogen-bond donors (Lipinski definition) is 1. The molecule has 1 unspecified atom stereocenters. The molecular weight excluding hydrogens is 242 g/mol. The number of ether oxygens (including phenoxy) is 1. The number of rotatable bonds is 4. The molecular formula is C10H16ClN5O. The van der Waals surface area contributed by atoms with Crippen molar-refractivity contribution in [3.63, 3.8) is 0 Å². The molecule has 0 aliphatic carbocycles. The van der Waals surface area contributed by atoms with Gasteiger partial charge in [-0.15, -0.1) is 0 Å². The zero-order valence-electron chi connectivity index (χ0n) is 9.77. The Morgan fingerprint density at radius 1 is 1.47 bits per heavy atom. The van der Waals surface area contributed by atoms with Crippen molar-refractivity contribution < 1.29 is 4.74 Å². The monoisotopic (exact) mass is 257 g/mol. The molecule has 1 saturated heterocycles. The predicted octanol–water partition coefficient (Wildman–Crippen LogP) is 0.970. The quantitative estimate of drug-likeness (QED) is 0.866. The van der Waals surface area contributed by atoms with Crippen LogP contribution < -0.4 is 10.5 Å². The maximum atomic E-state index is 5.65. The summed E-state index contributed by atoms with van der Waals surface area (Å²) in [4.78, 5) is 13.7. The molecule has 1 aliphatic rings. The number of nitrogens with zero attached hydrogens (tertiary/aromatic N) is 4. The molecule has 6 nitrogen and oxygen atoms in total. The first-order valence-electron chi connectivity index (χ1n) is 5.65. The Morgan fingerprint density at radius 2 is 2.29 bits per heavy atom. The average Bonchev–Trinajstić information content (AvgIpc) is 2.63.